The van der Waals surface area contributed by atoms with Crippen molar-refractivity contribution in [3.8, 4) is 0 Å². The van der Waals surface area contributed by atoms with Crippen LogP contribution < -0.4 is 5.32 Å². The lowest BCUT2D eigenvalue weighted by atomic mass is 10.8. The summed E-state index contributed by atoms with van der Waals surface area (Å²) in [6, 6.07) is 0. The van der Waals surface area contributed by atoms with Gasteiger partial charge in [-0.05, 0) is 0 Å². The Morgan fingerprint density at radius 1 is 1.83 bits per heavy atom. The second-order valence-electron chi connectivity index (χ2n) is 0.761. The molecule has 0 fully saturated rings. The van der Waals surface area contributed by atoms with Crippen LogP contribution in [0, 0.1) is 0 Å². The third-order valence-corrected chi connectivity index (χ3v) is 0.511. The highest BCUT2D eigenvalue weighted by Crippen LogP contribution is 1.64. The minimum absolute atomic E-state index is 0.485. The lowest BCUT2D eigenvalue weighted by Gasteiger charge is -1.84. The summed E-state index contributed by atoms with van der Waals surface area (Å²) < 4.78 is 0. The normalized spacial score (nSPS) is 7.50. The molecule has 2 nitrogen and oxygen atoms in total. The fraction of sp³-hybridized carbons (Fsp3) is 0.667. The van der Waals surface area contributed by atoms with Crippen LogP contribution in [0.2, 0.25) is 0 Å². The molecular formula is C3H6ClNO. The van der Waals surface area contributed by atoms with E-state index in [1.165, 1.54) is 0 Å². The molecular weight excluding hydrogens is 101 g/mol. The van der Waals surface area contributed by atoms with E-state index in [9.17, 15) is 4.79 Å². The quantitative estimate of drug-likeness (QED) is 0.306. The molecule has 0 atom stereocenters. The molecule has 0 saturated heterocycles. The van der Waals surface area contributed by atoms with Crippen molar-refractivity contribution in [1.29, 1.82) is 0 Å². The van der Waals surface area contributed by atoms with Crippen molar-refractivity contribution in [3.63, 3.8) is 0 Å². The standard InChI is InChI=1S/C3H6ClNO/c4-1-2-5-3-6/h3H,1-2H2,(H,5,6). The maximum atomic E-state index is 9.39. The Labute approximate surface area is 41.5 Å². The van der Waals surface area contributed by atoms with Crippen molar-refractivity contribution in [2.45, 2.75) is 0 Å². The van der Waals surface area contributed by atoms with Crippen molar-refractivity contribution in [2.75, 3.05) is 12.4 Å². The van der Waals surface area contributed by atoms with Gasteiger partial charge in [-0.3, -0.25) is 4.79 Å². The maximum Gasteiger partial charge on any atom is 0.207 e. The Morgan fingerprint density at radius 2 is 2.50 bits per heavy atom. The summed E-state index contributed by atoms with van der Waals surface area (Å²) in [6.45, 7) is 0.561. The van der Waals surface area contributed by atoms with E-state index >= 15 is 0 Å². The summed E-state index contributed by atoms with van der Waals surface area (Å²) >= 11 is 5.16. The number of hydrogen-bond donors (Lipinski definition) is 1. The van der Waals surface area contributed by atoms with Crippen molar-refractivity contribution in [1.82, 2.24) is 5.32 Å². The van der Waals surface area contributed by atoms with Crippen LogP contribution >= 0.6 is 11.6 Å². The highest BCUT2D eigenvalue weighted by Gasteiger charge is 1.71. The van der Waals surface area contributed by atoms with Crippen LogP contribution in [0.3, 0.4) is 0 Å². The smallest absolute Gasteiger partial charge is 0.207 e. The predicted molar refractivity (Wildman–Crippen MR) is 24.8 cm³/mol. The third-order valence-electron chi connectivity index (χ3n) is 0.322. The van der Waals surface area contributed by atoms with Gasteiger partial charge in [-0.15, -0.1) is 11.6 Å². The first-order valence-corrected chi connectivity index (χ1v) is 2.18. The average molecular weight is 108 g/mol. The Morgan fingerprint density at radius 3 is 2.67 bits per heavy atom. The lowest BCUT2D eigenvalue weighted by Crippen LogP contribution is -2.12. The molecule has 0 radical (unpaired) electrons. The third kappa shape index (κ3) is 3.76. The van der Waals surface area contributed by atoms with Crippen LogP contribution in [0.15, 0.2) is 0 Å². The molecule has 0 heterocycles. The minimum atomic E-state index is 0.485. The Hall–Kier alpha value is -0.240. The van der Waals surface area contributed by atoms with E-state index in [0.29, 0.717) is 18.8 Å². The Bertz CT molecular complexity index is 39.8. The summed E-state index contributed by atoms with van der Waals surface area (Å²) in [6.07, 6.45) is 0.627. The first-order chi connectivity index (χ1) is 2.91. The maximum absolute atomic E-state index is 9.39. The number of halogens is 1. The van der Waals surface area contributed by atoms with E-state index < -0.39 is 0 Å². The molecule has 0 aliphatic carbocycles. The second-order valence-corrected chi connectivity index (χ2v) is 1.14. The SMILES string of the molecule is O=CNCCCl. The molecule has 0 rings (SSSR count). The molecule has 0 aromatic carbocycles. The van der Waals surface area contributed by atoms with E-state index in [-0.39, 0.29) is 0 Å². The molecule has 1 amide bonds. The van der Waals surface area contributed by atoms with Gasteiger partial charge in [0.1, 0.15) is 0 Å². The fourth-order valence-electron chi connectivity index (χ4n) is 0.113. The zero-order valence-corrected chi connectivity index (χ0v) is 4.03. The number of nitrogens with one attached hydrogen (secondary N) is 1. The first kappa shape index (κ1) is 5.76. The van der Waals surface area contributed by atoms with Gasteiger partial charge in [0.2, 0.25) is 6.41 Å². The lowest BCUT2D eigenvalue weighted by molar-refractivity contribution is -0.109. The monoisotopic (exact) mass is 107 g/mol. The molecule has 3 heteroatoms. The number of carbonyl (C=O) groups excluding carboxylic acids is 1. The summed E-state index contributed by atoms with van der Waals surface area (Å²) in [5.41, 5.74) is 0. The largest absolute Gasteiger partial charge is 0.357 e. The average Bonchev–Trinajstić information content (AvgIpc) is 1.61. The van der Waals surface area contributed by atoms with Crippen LogP contribution in [0.4, 0.5) is 0 Å². The molecule has 0 aromatic rings. The van der Waals surface area contributed by atoms with Gasteiger partial charge in [0, 0.05) is 12.4 Å². The molecule has 0 aliphatic rings. The summed E-state index contributed by atoms with van der Waals surface area (Å²) in [5, 5.41) is 2.39. The summed E-state index contributed by atoms with van der Waals surface area (Å²) in [5.74, 6) is 0.485. The van der Waals surface area contributed by atoms with E-state index in [4.69, 9.17) is 11.6 Å². The van der Waals surface area contributed by atoms with Crippen LogP contribution in [0.1, 0.15) is 0 Å². The Balaban J connectivity index is 2.49. The Kier molecular flexibility index (Phi) is 4.57. The molecule has 0 aliphatic heterocycles. The molecule has 36 valence electrons. The van der Waals surface area contributed by atoms with Gasteiger partial charge in [-0.25, -0.2) is 0 Å². The van der Waals surface area contributed by atoms with Crippen molar-refractivity contribution in [3.05, 3.63) is 0 Å². The zero-order chi connectivity index (χ0) is 4.83. The molecule has 0 bridgehead atoms. The molecule has 6 heavy (non-hydrogen) atoms. The molecule has 0 aromatic heterocycles. The van der Waals surface area contributed by atoms with E-state index in [2.05, 4.69) is 5.32 Å². The van der Waals surface area contributed by atoms with Gasteiger partial charge >= 0.3 is 0 Å². The predicted octanol–water partition coefficient (Wildman–Crippen LogP) is -0.0288. The van der Waals surface area contributed by atoms with Crippen molar-refractivity contribution < 1.29 is 4.79 Å². The second kappa shape index (κ2) is 4.76. The van der Waals surface area contributed by atoms with Gasteiger partial charge in [0.25, 0.3) is 0 Å². The molecule has 0 unspecified atom stereocenters. The number of alkyl halides is 1. The van der Waals surface area contributed by atoms with Crippen LogP contribution in [0.5, 0.6) is 0 Å². The first-order valence-electron chi connectivity index (χ1n) is 1.65. The number of rotatable bonds is 3. The topological polar surface area (TPSA) is 29.1 Å². The van der Waals surface area contributed by atoms with E-state index in [1.54, 1.807) is 0 Å². The van der Waals surface area contributed by atoms with Crippen molar-refractivity contribution in [2.24, 2.45) is 0 Å². The van der Waals surface area contributed by atoms with Gasteiger partial charge in [0.05, 0.1) is 0 Å². The number of amides is 1. The van der Waals surface area contributed by atoms with Crippen molar-refractivity contribution >= 4 is 18.0 Å². The summed E-state index contributed by atoms with van der Waals surface area (Å²) in [4.78, 5) is 9.39. The highest BCUT2D eigenvalue weighted by atomic mass is 35.5. The molecule has 0 spiro atoms. The number of hydrogen-bond acceptors (Lipinski definition) is 1. The van der Waals surface area contributed by atoms with Gasteiger partial charge in [-0.2, -0.15) is 0 Å². The zero-order valence-electron chi connectivity index (χ0n) is 3.28. The highest BCUT2D eigenvalue weighted by molar-refractivity contribution is 6.18. The van der Waals surface area contributed by atoms with Gasteiger partial charge in [0.15, 0.2) is 0 Å². The molecule has 1 N–H and O–H groups in total. The van der Waals surface area contributed by atoms with E-state index in [1.807, 2.05) is 0 Å². The summed E-state index contributed by atoms with van der Waals surface area (Å²) in [7, 11) is 0. The fourth-order valence-corrected chi connectivity index (χ4v) is 0.223. The number of carbonyl (C=O) groups is 1. The van der Waals surface area contributed by atoms with E-state index in [0.717, 1.165) is 0 Å². The van der Waals surface area contributed by atoms with Crippen LogP contribution in [-0.4, -0.2) is 18.8 Å². The van der Waals surface area contributed by atoms with Crippen LogP contribution in [-0.2, 0) is 4.79 Å². The van der Waals surface area contributed by atoms with Gasteiger partial charge in [-0.1, -0.05) is 0 Å². The van der Waals surface area contributed by atoms with Gasteiger partial charge < -0.3 is 5.32 Å². The van der Waals surface area contributed by atoms with Crippen LogP contribution in [0.25, 0.3) is 0 Å². The minimum Gasteiger partial charge on any atom is -0.357 e. The molecule has 0 saturated carbocycles.